The smallest absolute Gasteiger partial charge is 0.256 e. The van der Waals surface area contributed by atoms with Crippen LogP contribution in [-0.4, -0.2) is 37.4 Å². The van der Waals surface area contributed by atoms with Gasteiger partial charge in [0, 0.05) is 25.2 Å². The molecule has 0 saturated heterocycles. The molecule has 8 nitrogen and oxygen atoms in total. The van der Waals surface area contributed by atoms with Crippen LogP contribution in [0.2, 0.25) is 0 Å². The number of amides is 1. The molecule has 142 valence electrons. The van der Waals surface area contributed by atoms with Gasteiger partial charge in [-0.3, -0.25) is 9.48 Å². The van der Waals surface area contributed by atoms with Crippen LogP contribution < -0.4 is 10.6 Å². The van der Waals surface area contributed by atoms with E-state index in [9.17, 15) is 13.2 Å². The van der Waals surface area contributed by atoms with Crippen LogP contribution >= 0.6 is 0 Å². The van der Waals surface area contributed by atoms with Gasteiger partial charge in [0.15, 0.2) is 15.7 Å². The minimum atomic E-state index is -3.28. The minimum absolute atomic E-state index is 0.0541. The number of anilines is 2. The molecule has 0 bridgehead atoms. The summed E-state index contributed by atoms with van der Waals surface area (Å²) < 4.78 is 24.9. The molecular weight excluding hydrogens is 366 g/mol. The van der Waals surface area contributed by atoms with Crippen LogP contribution in [0.1, 0.15) is 35.7 Å². The van der Waals surface area contributed by atoms with E-state index in [0.717, 1.165) is 19.1 Å². The van der Waals surface area contributed by atoms with Crippen molar-refractivity contribution in [3.05, 3.63) is 36.0 Å². The van der Waals surface area contributed by atoms with Crippen molar-refractivity contribution in [2.45, 2.75) is 30.2 Å². The number of carbonyl (C=O) groups is 1. The highest BCUT2D eigenvalue weighted by Gasteiger charge is 2.34. The second-order valence-corrected chi connectivity index (χ2v) is 8.65. The summed E-state index contributed by atoms with van der Waals surface area (Å²) in [7, 11) is -1.74. The van der Waals surface area contributed by atoms with E-state index in [0.29, 0.717) is 29.4 Å². The van der Waals surface area contributed by atoms with E-state index in [1.807, 2.05) is 0 Å². The van der Waals surface area contributed by atoms with Crippen LogP contribution in [0.4, 0.5) is 11.5 Å². The lowest BCUT2D eigenvalue weighted by Crippen LogP contribution is -2.18. The lowest BCUT2D eigenvalue weighted by atomic mass is 10.1. The second kappa shape index (κ2) is 7.40. The lowest BCUT2D eigenvalue weighted by molar-refractivity contribution is 0.0963. The zero-order valence-corrected chi connectivity index (χ0v) is 16.0. The van der Waals surface area contributed by atoms with Crippen molar-refractivity contribution in [3.8, 4) is 6.07 Å². The Labute approximate surface area is 158 Å². The molecule has 1 aliphatic carbocycles. The van der Waals surface area contributed by atoms with Gasteiger partial charge in [0.2, 0.25) is 0 Å². The van der Waals surface area contributed by atoms with Gasteiger partial charge in [-0.1, -0.05) is 0 Å². The highest BCUT2D eigenvalue weighted by atomic mass is 32.2. The fraction of sp³-hybridized carbons (Fsp3) is 0.389. The van der Waals surface area contributed by atoms with Crippen molar-refractivity contribution < 1.29 is 13.2 Å². The summed E-state index contributed by atoms with van der Waals surface area (Å²) in [6.07, 6.45) is 5.25. The van der Waals surface area contributed by atoms with Gasteiger partial charge in [-0.25, -0.2) is 8.42 Å². The van der Waals surface area contributed by atoms with Gasteiger partial charge in [-0.15, -0.1) is 0 Å². The topological polar surface area (TPSA) is 117 Å². The van der Waals surface area contributed by atoms with E-state index in [2.05, 4.69) is 21.8 Å². The van der Waals surface area contributed by atoms with Crippen molar-refractivity contribution in [3.63, 3.8) is 0 Å². The number of hydrogen-bond acceptors (Lipinski definition) is 6. The number of carbonyl (C=O) groups excluding carboxylic acids is 1. The average Bonchev–Trinajstić information content (AvgIpc) is 3.39. The molecule has 0 radical (unpaired) electrons. The summed E-state index contributed by atoms with van der Waals surface area (Å²) in [5.74, 6) is 0.483. The zero-order valence-electron chi connectivity index (χ0n) is 15.1. The number of nitriles is 1. The van der Waals surface area contributed by atoms with Crippen molar-refractivity contribution in [2.75, 3.05) is 18.6 Å². The van der Waals surface area contributed by atoms with E-state index in [1.54, 1.807) is 23.0 Å². The third-order valence-corrected chi connectivity index (χ3v) is 5.68. The Morgan fingerprint density at radius 1 is 1.37 bits per heavy atom. The first-order chi connectivity index (χ1) is 12.8. The maximum absolute atomic E-state index is 12.2. The maximum atomic E-state index is 12.2. The molecule has 2 N–H and O–H groups in total. The fourth-order valence-corrected chi connectivity index (χ4v) is 3.56. The second-order valence-electron chi connectivity index (χ2n) is 6.64. The van der Waals surface area contributed by atoms with Gasteiger partial charge in [-0.2, -0.15) is 10.4 Å². The van der Waals surface area contributed by atoms with E-state index in [-0.39, 0.29) is 16.8 Å². The van der Waals surface area contributed by atoms with Crippen molar-refractivity contribution >= 4 is 27.2 Å². The number of hydrogen-bond donors (Lipinski definition) is 2. The van der Waals surface area contributed by atoms with Crippen molar-refractivity contribution in [1.82, 2.24) is 15.1 Å². The predicted octanol–water partition coefficient (Wildman–Crippen LogP) is 2.25. The maximum Gasteiger partial charge on any atom is 0.256 e. The summed E-state index contributed by atoms with van der Waals surface area (Å²) in [6, 6.07) is 8.37. The lowest BCUT2D eigenvalue weighted by Gasteiger charge is -2.12. The molecule has 1 aromatic heterocycles. The summed E-state index contributed by atoms with van der Waals surface area (Å²) in [4.78, 5) is 12.5. The normalized spacial score (nSPS) is 15.0. The molecule has 27 heavy (non-hydrogen) atoms. The minimum Gasteiger partial charge on any atom is -0.355 e. The number of aromatic nitrogens is 2. The van der Waals surface area contributed by atoms with Gasteiger partial charge in [0.05, 0.1) is 23.4 Å². The van der Waals surface area contributed by atoms with E-state index >= 15 is 0 Å². The van der Waals surface area contributed by atoms with Crippen LogP contribution in [0.5, 0.6) is 0 Å². The molecule has 1 aromatic carbocycles. The number of nitrogens with one attached hydrogen (secondary N) is 2. The molecule has 1 saturated carbocycles. The van der Waals surface area contributed by atoms with Crippen LogP contribution in [-0.2, 0) is 9.84 Å². The predicted molar refractivity (Wildman–Crippen MR) is 100 cm³/mol. The van der Waals surface area contributed by atoms with Gasteiger partial charge >= 0.3 is 0 Å². The molecule has 1 fully saturated rings. The summed E-state index contributed by atoms with van der Waals surface area (Å²) >= 11 is 0. The van der Waals surface area contributed by atoms with Crippen LogP contribution in [0.15, 0.2) is 35.4 Å². The Hall–Kier alpha value is -2.86. The molecule has 3 rings (SSSR count). The van der Waals surface area contributed by atoms with Gasteiger partial charge < -0.3 is 10.6 Å². The highest BCUT2D eigenvalue weighted by molar-refractivity contribution is 7.90. The Morgan fingerprint density at radius 3 is 2.56 bits per heavy atom. The fourth-order valence-electron chi connectivity index (χ4n) is 2.93. The number of nitrogens with zero attached hydrogens (tertiary/aromatic N) is 3. The Kier molecular flexibility index (Phi) is 5.19. The van der Waals surface area contributed by atoms with Gasteiger partial charge in [0.25, 0.3) is 5.91 Å². The van der Waals surface area contributed by atoms with Crippen LogP contribution in [0, 0.1) is 17.2 Å². The monoisotopic (exact) mass is 387 g/mol. The molecule has 1 unspecified atom stereocenters. The third-order valence-electron chi connectivity index (χ3n) is 4.56. The first-order valence-corrected chi connectivity index (χ1v) is 10.5. The Morgan fingerprint density at radius 2 is 2.04 bits per heavy atom. The number of benzene rings is 1. The van der Waals surface area contributed by atoms with Crippen LogP contribution in [0.3, 0.4) is 0 Å². The largest absolute Gasteiger partial charge is 0.355 e. The molecule has 9 heteroatoms. The molecule has 0 aliphatic heterocycles. The molecule has 0 spiro atoms. The molecule has 1 aliphatic rings. The van der Waals surface area contributed by atoms with Crippen molar-refractivity contribution in [2.24, 2.45) is 5.92 Å². The van der Waals surface area contributed by atoms with E-state index in [4.69, 9.17) is 5.26 Å². The van der Waals surface area contributed by atoms with Gasteiger partial charge in [0.1, 0.15) is 5.56 Å². The SMILES string of the molecule is CNC(=O)c1cn(C(CC#N)C2CC2)nc1Nc1ccc(S(C)(=O)=O)cc1. The average molecular weight is 387 g/mol. The highest BCUT2D eigenvalue weighted by Crippen LogP contribution is 2.41. The first kappa shape index (κ1) is 18.9. The van der Waals surface area contributed by atoms with E-state index in [1.165, 1.54) is 19.2 Å². The third kappa shape index (κ3) is 4.28. The number of rotatable bonds is 7. The first-order valence-electron chi connectivity index (χ1n) is 8.59. The Balaban J connectivity index is 1.91. The quantitative estimate of drug-likeness (QED) is 0.752. The molecule has 1 amide bonds. The van der Waals surface area contributed by atoms with Crippen molar-refractivity contribution in [1.29, 1.82) is 5.26 Å². The van der Waals surface area contributed by atoms with E-state index < -0.39 is 9.84 Å². The molecule has 1 heterocycles. The Bertz CT molecular complexity index is 985. The molecule has 2 aromatic rings. The molecule has 1 atom stereocenters. The zero-order chi connectivity index (χ0) is 19.6. The van der Waals surface area contributed by atoms with Gasteiger partial charge in [-0.05, 0) is 43.0 Å². The molecular formula is C18H21N5O3S. The summed E-state index contributed by atoms with van der Waals surface area (Å²) in [5, 5.41) is 19.3. The summed E-state index contributed by atoms with van der Waals surface area (Å²) in [5.41, 5.74) is 0.981. The number of sulfone groups is 1. The standard InChI is InChI=1S/C18H21N5O3S/c1-20-18(24)15-11-23(16(9-10-19)12-3-4-12)22-17(15)21-13-5-7-14(8-6-13)27(2,25)26/h5-8,11-12,16H,3-4,9H2,1-2H3,(H,20,24)(H,21,22). The summed E-state index contributed by atoms with van der Waals surface area (Å²) in [6.45, 7) is 0. The van der Waals surface area contributed by atoms with Crippen LogP contribution in [0.25, 0.3) is 0 Å².